The first-order chi connectivity index (χ1) is 17.1. The molecule has 4 heteroatoms. The number of hydrogen-bond donors (Lipinski definition) is 1. The largest absolute Gasteiger partial charge is 0.420 e. The van der Waals surface area contributed by atoms with Crippen LogP contribution in [0.4, 0.5) is 0 Å². The zero-order valence-corrected chi connectivity index (χ0v) is 21.3. The molecule has 1 heterocycles. The van der Waals surface area contributed by atoms with E-state index in [2.05, 4.69) is 36.4 Å². The van der Waals surface area contributed by atoms with E-state index in [1.807, 2.05) is 24.3 Å². The van der Waals surface area contributed by atoms with E-state index in [4.69, 9.17) is 4.52 Å². The first-order valence-electron chi connectivity index (χ1n) is 13.5. The van der Waals surface area contributed by atoms with Crippen molar-refractivity contribution in [2.45, 2.75) is 82.5 Å². The molecular formula is C31H35O3P. The van der Waals surface area contributed by atoms with Gasteiger partial charge in [0.05, 0.1) is 5.30 Å². The molecule has 35 heavy (non-hydrogen) atoms. The molecule has 3 aliphatic rings. The van der Waals surface area contributed by atoms with Crippen molar-refractivity contribution in [3.05, 3.63) is 82.9 Å². The summed E-state index contributed by atoms with van der Waals surface area (Å²) >= 11 is 0. The fraction of sp³-hybridized carbons (Fsp3) is 0.419. The van der Waals surface area contributed by atoms with Crippen LogP contribution in [0.3, 0.4) is 0 Å². The quantitative estimate of drug-likeness (QED) is 0.378. The summed E-state index contributed by atoms with van der Waals surface area (Å²) in [5, 5.41) is 0.486. The molecule has 3 aromatic rings. The van der Waals surface area contributed by atoms with Gasteiger partial charge in [-0.15, -0.1) is 0 Å². The molecule has 1 unspecified atom stereocenters. The van der Waals surface area contributed by atoms with Gasteiger partial charge < -0.3 is 9.42 Å². The first-order valence-corrected chi connectivity index (χ1v) is 15.0. The van der Waals surface area contributed by atoms with Gasteiger partial charge >= 0.3 is 7.60 Å². The van der Waals surface area contributed by atoms with Crippen LogP contribution in [-0.4, -0.2) is 4.89 Å². The van der Waals surface area contributed by atoms with Gasteiger partial charge in [-0.25, -0.2) is 4.57 Å². The minimum Gasteiger partial charge on any atom is -0.420 e. The normalized spacial score (nSPS) is 22.8. The van der Waals surface area contributed by atoms with Crippen LogP contribution in [0.5, 0.6) is 5.75 Å². The predicted molar refractivity (Wildman–Crippen MR) is 143 cm³/mol. The third kappa shape index (κ3) is 4.61. The lowest BCUT2D eigenvalue weighted by Crippen LogP contribution is -2.20. The van der Waals surface area contributed by atoms with Crippen molar-refractivity contribution in [1.82, 2.24) is 0 Å². The first kappa shape index (κ1) is 23.1. The van der Waals surface area contributed by atoms with E-state index in [-0.39, 0.29) is 0 Å². The maximum Gasteiger partial charge on any atom is 0.408 e. The average Bonchev–Trinajstić information content (AvgIpc) is 2.90. The van der Waals surface area contributed by atoms with Crippen molar-refractivity contribution in [2.24, 2.45) is 0 Å². The van der Waals surface area contributed by atoms with Crippen LogP contribution in [0.25, 0.3) is 11.1 Å². The van der Waals surface area contributed by atoms with Crippen molar-refractivity contribution in [2.75, 3.05) is 0 Å². The van der Waals surface area contributed by atoms with Gasteiger partial charge in [-0.05, 0) is 71.9 Å². The van der Waals surface area contributed by atoms with Gasteiger partial charge in [0.1, 0.15) is 5.75 Å². The summed E-state index contributed by atoms with van der Waals surface area (Å²) in [6.45, 7) is 0. The molecule has 182 valence electrons. The summed E-state index contributed by atoms with van der Waals surface area (Å²) in [7, 11) is -3.97. The summed E-state index contributed by atoms with van der Waals surface area (Å²) in [5.74, 6) is 1.63. The van der Waals surface area contributed by atoms with Crippen LogP contribution in [0.15, 0.2) is 60.7 Å². The summed E-state index contributed by atoms with van der Waals surface area (Å²) in [4.78, 5) is 11.1. The molecule has 6 rings (SSSR count). The fourth-order valence-electron chi connectivity index (χ4n) is 6.51. The fourth-order valence-corrected chi connectivity index (χ4v) is 7.89. The number of hydrogen-bond acceptors (Lipinski definition) is 2. The highest BCUT2D eigenvalue weighted by atomic mass is 31.2. The molecule has 0 spiro atoms. The second-order valence-corrected chi connectivity index (χ2v) is 12.5. The average molecular weight is 487 g/mol. The third-order valence-corrected chi connectivity index (χ3v) is 9.82. The second-order valence-electron chi connectivity index (χ2n) is 10.8. The van der Waals surface area contributed by atoms with Crippen molar-refractivity contribution >= 4 is 12.9 Å². The molecule has 2 saturated carbocycles. The second kappa shape index (κ2) is 9.60. The Kier molecular flexibility index (Phi) is 6.33. The van der Waals surface area contributed by atoms with Crippen molar-refractivity contribution in [3.8, 4) is 16.9 Å². The smallest absolute Gasteiger partial charge is 0.408 e. The summed E-state index contributed by atoms with van der Waals surface area (Å²) in [5.41, 5.74) is 6.62. The zero-order chi connectivity index (χ0) is 23.8. The van der Waals surface area contributed by atoms with E-state index >= 15 is 0 Å². The number of rotatable bonds is 4. The summed E-state index contributed by atoms with van der Waals surface area (Å²) < 4.78 is 19.6. The van der Waals surface area contributed by atoms with Gasteiger partial charge in [0.15, 0.2) is 0 Å². The minimum atomic E-state index is -3.97. The van der Waals surface area contributed by atoms with Gasteiger partial charge in [-0.3, -0.25) is 0 Å². The molecule has 2 fully saturated rings. The van der Waals surface area contributed by atoms with Gasteiger partial charge in [0, 0.05) is 17.5 Å². The highest BCUT2D eigenvalue weighted by Gasteiger charge is 2.37. The Labute approximate surface area is 209 Å². The molecule has 3 aromatic carbocycles. The molecule has 2 aliphatic carbocycles. The van der Waals surface area contributed by atoms with Gasteiger partial charge in [0.2, 0.25) is 0 Å². The minimum absolute atomic E-state index is 0.484. The van der Waals surface area contributed by atoms with Crippen LogP contribution < -0.4 is 9.83 Å². The molecule has 1 atom stereocenters. The summed E-state index contributed by atoms with van der Waals surface area (Å²) in [6.07, 6.45) is 13.1. The van der Waals surface area contributed by atoms with E-state index in [9.17, 15) is 9.46 Å². The van der Waals surface area contributed by atoms with E-state index in [0.717, 1.165) is 16.7 Å². The Morgan fingerprint density at radius 2 is 1.40 bits per heavy atom. The highest BCUT2D eigenvalue weighted by molar-refractivity contribution is 7.62. The molecule has 1 N–H and O–H groups in total. The molecule has 0 amide bonds. The Hall–Kier alpha value is -2.35. The number of benzene rings is 3. The molecule has 1 aliphatic heterocycles. The lowest BCUT2D eigenvalue weighted by atomic mass is 9.81. The SMILES string of the molecule is O=P1(O)Oc2c(Cc3ccccc3)cc(C3CCCCC3)cc2-c2ccc(C3CCCCC3)cc21. The lowest BCUT2D eigenvalue weighted by molar-refractivity contribution is 0.390. The molecule has 0 bridgehead atoms. The highest BCUT2D eigenvalue weighted by Crippen LogP contribution is 2.55. The van der Waals surface area contributed by atoms with Crippen LogP contribution >= 0.6 is 7.60 Å². The van der Waals surface area contributed by atoms with Gasteiger partial charge in [-0.1, -0.05) is 87.1 Å². The topological polar surface area (TPSA) is 46.5 Å². The third-order valence-electron chi connectivity index (χ3n) is 8.41. The van der Waals surface area contributed by atoms with Gasteiger partial charge in [-0.2, -0.15) is 0 Å². The molecule has 3 nitrogen and oxygen atoms in total. The Balaban J connectivity index is 1.48. The molecule has 0 saturated heterocycles. The van der Waals surface area contributed by atoms with Crippen LogP contribution in [0.2, 0.25) is 0 Å². The van der Waals surface area contributed by atoms with E-state index in [1.54, 1.807) is 0 Å². The lowest BCUT2D eigenvalue weighted by Gasteiger charge is -2.31. The van der Waals surface area contributed by atoms with E-state index in [1.165, 1.54) is 80.9 Å². The monoisotopic (exact) mass is 486 g/mol. The Morgan fingerprint density at radius 1 is 0.743 bits per heavy atom. The van der Waals surface area contributed by atoms with Crippen LogP contribution in [0.1, 0.15) is 98.3 Å². The van der Waals surface area contributed by atoms with E-state index in [0.29, 0.717) is 29.3 Å². The van der Waals surface area contributed by atoms with Crippen molar-refractivity contribution < 1.29 is 14.0 Å². The standard InChI is InChI=1S/C31H35O3P/c32-35(33)30-21-25(23-12-6-2-7-13-23)16-17-28(30)29-20-26(24-14-8-3-9-15-24)19-27(31(29)34-35)18-22-10-4-1-5-11-22/h1,4-5,10-11,16-17,19-21,23-24H,2-3,6-9,12-15,18H2,(H,32,33). The Morgan fingerprint density at radius 3 is 2.09 bits per heavy atom. The van der Waals surface area contributed by atoms with Gasteiger partial charge in [0.25, 0.3) is 0 Å². The maximum atomic E-state index is 13.6. The van der Waals surface area contributed by atoms with Crippen molar-refractivity contribution in [1.29, 1.82) is 0 Å². The van der Waals surface area contributed by atoms with E-state index < -0.39 is 7.60 Å². The number of fused-ring (bicyclic) bond motifs is 3. The predicted octanol–water partition coefficient (Wildman–Crippen LogP) is 8.24. The maximum absolute atomic E-state index is 13.6. The van der Waals surface area contributed by atoms with Crippen LogP contribution in [-0.2, 0) is 11.0 Å². The zero-order valence-electron chi connectivity index (χ0n) is 20.4. The molecular weight excluding hydrogens is 451 g/mol. The summed E-state index contributed by atoms with van der Waals surface area (Å²) in [6, 6.07) is 21.2. The van der Waals surface area contributed by atoms with Crippen LogP contribution in [0, 0.1) is 0 Å². The van der Waals surface area contributed by atoms with Crippen molar-refractivity contribution in [3.63, 3.8) is 0 Å². The molecule has 0 aromatic heterocycles. The molecule has 0 radical (unpaired) electrons. The Bertz CT molecular complexity index is 1250.